The van der Waals surface area contributed by atoms with Crippen molar-refractivity contribution in [2.24, 2.45) is 5.10 Å². The number of methoxy groups -OCH3 is 1. The predicted molar refractivity (Wildman–Crippen MR) is 111 cm³/mol. The number of hydrazone groups is 1. The van der Waals surface area contributed by atoms with Gasteiger partial charge in [0.25, 0.3) is 15.9 Å². The van der Waals surface area contributed by atoms with E-state index in [1.54, 1.807) is 35.7 Å². The molecule has 2 aromatic carbocycles. The standard InChI is InChI=1S/C19H17N3O5S2/c1-27-14-8-9-17(23)13(11-14)12-20-21-19(24)15-5-2-3-6-16(15)22-29(25,26)18-7-4-10-28-18/h2-12,22-23H,1H3,(H,21,24)/b20-12+. The van der Waals surface area contributed by atoms with E-state index in [0.717, 1.165) is 11.3 Å². The molecule has 29 heavy (non-hydrogen) atoms. The molecule has 0 spiro atoms. The van der Waals surface area contributed by atoms with E-state index in [9.17, 15) is 18.3 Å². The molecule has 3 rings (SSSR count). The molecule has 0 saturated heterocycles. The van der Waals surface area contributed by atoms with E-state index in [-0.39, 0.29) is 21.2 Å². The number of nitrogens with one attached hydrogen (secondary N) is 2. The summed E-state index contributed by atoms with van der Waals surface area (Å²) < 4.78 is 32.5. The van der Waals surface area contributed by atoms with Crippen LogP contribution in [0, 0.1) is 0 Å². The van der Waals surface area contributed by atoms with E-state index in [1.165, 1.54) is 37.6 Å². The van der Waals surface area contributed by atoms with Crippen LogP contribution >= 0.6 is 11.3 Å². The number of carbonyl (C=O) groups is 1. The third-order valence-corrected chi connectivity index (χ3v) is 6.54. The Balaban J connectivity index is 1.77. The molecular weight excluding hydrogens is 414 g/mol. The minimum atomic E-state index is -3.80. The number of rotatable bonds is 7. The number of hydrogen-bond donors (Lipinski definition) is 3. The van der Waals surface area contributed by atoms with Crippen LogP contribution in [0.1, 0.15) is 15.9 Å². The third kappa shape index (κ3) is 4.92. The monoisotopic (exact) mass is 431 g/mol. The Bertz CT molecular complexity index is 1140. The number of para-hydroxylation sites is 1. The fourth-order valence-corrected chi connectivity index (χ4v) is 4.44. The minimum absolute atomic E-state index is 0.0343. The summed E-state index contributed by atoms with van der Waals surface area (Å²) in [5.74, 6) is -0.134. The summed E-state index contributed by atoms with van der Waals surface area (Å²) in [6.07, 6.45) is 1.26. The van der Waals surface area contributed by atoms with Crippen LogP contribution < -0.4 is 14.9 Å². The van der Waals surface area contributed by atoms with Crippen molar-refractivity contribution < 1.29 is 23.1 Å². The molecule has 0 saturated carbocycles. The van der Waals surface area contributed by atoms with Gasteiger partial charge < -0.3 is 9.84 Å². The van der Waals surface area contributed by atoms with Gasteiger partial charge >= 0.3 is 0 Å². The largest absolute Gasteiger partial charge is 0.507 e. The molecule has 0 bridgehead atoms. The predicted octanol–water partition coefficient (Wildman–Crippen LogP) is 3.03. The molecule has 0 unspecified atom stereocenters. The van der Waals surface area contributed by atoms with Gasteiger partial charge in [-0.3, -0.25) is 9.52 Å². The number of ether oxygens (including phenoxy) is 1. The summed E-state index contributed by atoms with van der Waals surface area (Å²) in [7, 11) is -2.31. The van der Waals surface area contributed by atoms with E-state index in [4.69, 9.17) is 4.74 Å². The molecule has 3 aromatic rings. The number of aromatic hydroxyl groups is 1. The van der Waals surface area contributed by atoms with Gasteiger partial charge in [0.2, 0.25) is 0 Å². The van der Waals surface area contributed by atoms with Gasteiger partial charge in [0.05, 0.1) is 24.6 Å². The quantitative estimate of drug-likeness (QED) is 0.393. The Morgan fingerprint density at radius 1 is 1.17 bits per heavy atom. The lowest BCUT2D eigenvalue weighted by Gasteiger charge is -2.10. The topological polar surface area (TPSA) is 117 Å². The van der Waals surface area contributed by atoms with Crippen molar-refractivity contribution in [3.8, 4) is 11.5 Å². The number of phenols is 1. The van der Waals surface area contributed by atoms with E-state index < -0.39 is 15.9 Å². The van der Waals surface area contributed by atoms with Gasteiger partial charge in [-0.1, -0.05) is 18.2 Å². The molecule has 0 radical (unpaired) electrons. The van der Waals surface area contributed by atoms with Gasteiger partial charge in [-0.15, -0.1) is 11.3 Å². The number of thiophene rings is 1. The summed E-state index contributed by atoms with van der Waals surface area (Å²) >= 11 is 1.07. The molecule has 0 fully saturated rings. The lowest BCUT2D eigenvalue weighted by molar-refractivity contribution is 0.0956. The molecule has 10 heteroatoms. The number of benzene rings is 2. The van der Waals surface area contributed by atoms with E-state index in [0.29, 0.717) is 11.3 Å². The van der Waals surface area contributed by atoms with Crippen LogP contribution in [0.4, 0.5) is 5.69 Å². The Labute approximate surface area is 171 Å². The first-order chi connectivity index (χ1) is 13.9. The molecule has 3 N–H and O–H groups in total. The number of carbonyl (C=O) groups excluding carboxylic acids is 1. The molecule has 1 amide bonds. The molecular formula is C19H17N3O5S2. The molecule has 0 aliphatic heterocycles. The van der Waals surface area contributed by atoms with E-state index >= 15 is 0 Å². The number of anilines is 1. The fourth-order valence-electron chi connectivity index (χ4n) is 2.37. The molecule has 150 valence electrons. The van der Waals surface area contributed by atoms with Crippen LogP contribution in [0.25, 0.3) is 0 Å². The summed E-state index contributed by atoms with van der Waals surface area (Å²) in [4.78, 5) is 12.5. The summed E-state index contributed by atoms with van der Waals surface area (Å²) in [6.45, 7) is 0. The highest BCUT2D eigenvalue weighted by atomic mass is 32.2. The van der Waals surface area contributed by atoms with Crippen LogP contribution in [0.3, 0.4) is 0 Å². The zero-order valence-corrected chi connectivity index (χ0v) is 16.8. The van der Waals surface area contributed by atoms with Crippen molar-refractivity contribution in [2.45, 2.75) is 4.21 Å². The fraction of sp³-hybridized carbons (Fsp3) is 0.0526. The first-order valence-corrected chi connectivity index (χ1v) is 10.6. The second-order valence-electron chi connectivity index (χ2n) is 5.71. The highest BCUT2D eigenvalue weighted by Crippen LogP contribution is 2.23. The summed E-state index contributed by atoms with van der Waals surface area (Å²) in [5.41, 5.74) is 2.88. The number of amides is 1. The smallest absolute Gasteiger partial charge is 0.273 e. The second kappa shape index (κ2) is 8.76. The van der Waals surface area contributed by atoms with E-state index in [1.807, 2.05) is 0 Å². The summed E-state index contributed by atoms with van der Waals surface area (Å²) in [6, 6.07) is 13.8. The van der Waals surface area contributed by atoms with Gasteiger partial charge in [-0.25, -0.2) is 13.8 Å². The van der Waals surface area contributed by atoms with Crippen molar-refractivity contribution in [3.05, 3.63) is 71.1 Å². The van der Waals surface area contributed by atoms with Crippen LogP contribution in [-0.4, -0.2) is 32.8 Å². The molecule has 1 heterocycles. The van der Waals surface area contributed by atoms with Crippen LogP contribution in [0.15, 0.2) is 69.3 Å². The maximum Gasteiger partial charge on any atom is 0.273 e. The van der Waals surface area contributed by atoms with E-state index in [2.05, 4.69) is 15.2 Å². The molecule has 0 aliphatic rings. The van der Waals surface area contributed by atoms with Gasteiger partial charge in [0, 0.05) is 5.56 Å². The SMILES string of the molecule is COc1ccc(O)c(/C=N/NC(=O)c2ccccc2NS(=O)(=O)c2cccs2)c1. The highest BCUT2D eigenvalue weighted by Gasteiger charge is 2.19. The Morgan fingerprint density at radius 3 is 2.69 bits per heavy atom. The first-order valence-electron chi connectivity index (χ1n) is 8.26. The number of nitrogens with zero attached hydrogens (tertiary/aromatic N) is 1. The zero-order chi connectivity index (χ0) is 20.9. The third-order valence-electron chi connectivity index (χ3n) is 3.78. The van der Waals surface area contributed by atoms with Gasteiger partial charge in [0.15, 0.2) is 0 Å². The van der Waals surface area contributed by atoms with Crippen molar-refractivity contribution in [1.82, 2.24) is 5.43 Å². The number of sulfonamides is 1. The van der Waals surface area contributed by atoms with Crippen LogP contribution in [-0.2, 0) is 10.0 Å². The van der Waals surface area contributed by atoms with Crippen molar-refractivity contribution in [1.29, 1.82) is 0 Å². The van der Waals surface area contributed by atoms with Gasteiger partial charge in [-0.05, 0) is 41.8 Å². The second-order valence-corrected chi connectivity index (χ2v) is 8.56. The summed E-state index contributed by atoms with van der Waals surface area (Å²) in [5, 5.41) is 15.3. The normalized spacial score (nSPS) is 11.3. The van der Waals surface area contributed by atoms with Crippen LogP contribution in [0.2, 0.25) is 0 Å². The zero-order valence-electron chi connectivity index (χ0n) is 15.2. The lowest BCUT2D eigenvalue weighted by atomic mass is 10.2. The van der Waals surface area contributed by atoms with Gasteiger partial charge in [0.1, 0.15) is 15.7 Å². The molecule has 0 atom stereocenters. The lowest BCUT2D eigenvalue weighted by Crippen LogP contribution is -2.21. The maximum atomic E-state index is 12.5. The number of hydrogen-bond acceptors (Lipinski definition) is 7. The number of phenolic OH excluding ortho intramolecular Hbond substituents is 1. The van der Waals surface area contributed by atoms with Crippen molar-refractivity contribution in [2.75, 3.05) is 11.8 Å². The molecule has 8 nitrogen and oxygen atoms in total. The van der Waals surface area contributed by atoms with Gasteiger partial charge in [-0.2, -0.15) is 5.10 Å². The van der Waals surface area contributed by atoms with Crippen molar-refractivity contribution in [3.63, 3.8) is 0 Å². The molecule has 1 aromatic heterocycles. The average molecular weight is 431 g/mol. The maximum absolute atomic E-state index is 12.5. The average Bonchev–Trinajstić information content (AvgIpc) is 3.25. The minimum Gasteiger partial charge on any atom is -0.507 e. The van der Waals surface area contributed by atoms with Crippen LogP contribution in [0.5, 0.6) is 11.5 Å². The Morgan fingerprint density at radius 2 is 1.97 bits per heavy atom. The Hall–Kier alpha value is -3.37. The first kappa shape index (κ1) is 20.4. The van der Waals surface area contributed by atoms with Crippen molar-refractivity contribution >= 4 is 39.2 Å². The Kier molecular flexibility index (Phi) is 6.15. The molecule has 0 aliphatic carbocycles. The highest BCUT2D eigenvalue weighted by molar-refractivity contribution is 7.94.